The number of amides is 1. The molecule has 1 aromatic heterocycles. The van der Waals surface area contributed by atoms with Gasteiger partial charge in [0.15, 0.2) is 5.13 Å². The second-order valence-electron chi connectivity index (χ2n) is 4.37. The maximum absolute atomic E-state index is 11.3. The van der Waals surface area contributed by atoms with Gasteiger partial charge >= 0.3 is 5.97 Å². The first-order valence-corrected chi connectivity index (χ1v) is 6.59. The summed E-state index contributed by atoms with van der Waals surface area (Å²) < 4.78 is 0. The Balaban J connectivity index is 1.91. The van der Waals surface area contributed by atoms with Crippen molar-refractivity contribution in [2.24, 2.45) is 0 Å². The second-order valence-corrected chi connectivity index (χ2v) is 5.23. The van der Waals surface area contributed by atoms with Gasteiger partial charge in [-0.3, -0.25) is 9.59 Å². The molecule has 0 aliphatic carbocycles. The van der Waals surface area contributed by atoms with Gasteiger partial charge in [-0.2, -0.15) is 0 Å². The van der Waals surface area contributed by atoms with Crippen LogP contribution in [0.15, 0.2) is 5.38 Å². The highest BCUT2D eigenvalue weighted by Gasteiger charge is 2.23. The van der Waals surface area contributed by atoms with Crippen LogP contribution in [0.5, 0.6) is 0 Å². The van der Waals surface area contributed by atoms with E-state index < -0.39 is 5.97 Å². The van der Waals surface area contributed by atoms with E-state index in [4.69, 9.17) is 5.11 Å². The van der Waals surface area contributed by atoms with Crippen molar-refractivity contribution >= 4 is 28.3 Å². The quantitative estimate of drug-likeness (QED) is 0.845. The molecule has 0 spiro atoms. The summed E-state index contributed by atoms with van der Waals surface area (Å²) >= 11 is 1.40. The molecule has 7 heteroatoms. The molecule has 2 heterocycles. The van der Waals surface area contributed by atoms with Crippen molar-refractivity contribution < 1.29 is 14.7 Å². The molecule has 18 heavy (non-hydrogen) atoms. The summed E-state index contributed by atoms with van der Waals surface area (Å²) in [5.74, 6) is -0.714. The minimum absolute atomic E-state index is 0.0543. The minimum atomic E-state index is -0.880. The molecule has 2 rings (SSSR count). The van der Waals surface area contributed by atoms with Crippen molar-refractivity contribution in [1.29, 1.82) is 0 Å². The average molecular weight is 269 g/mol. The van der Waals surface area contributed by atoms with Crippen molar-refractivity contribution in [3.05, 3.63) is 11.1 Å². The molecule has 1 saturated heterocycles. The van der Waals surface area contributed by atoms with Crippen LogP contribution in [-0.4, -0.2) is 46.5 Å². The Morgan fingerprint density at radius 3 is 3.17 bits per heavy atom. The highest BCUT2D eigenvalue weighted by molar-refractivity contribution is 7.13. The van der Waals surface area contributed by atoms with E-state index in [-0.39, 0.29) is 18.4 Å². The van der Waals surface area contributed by atoms with E-state index in [0.717, 1.165) is 11.6 Å². The van der Waals surface area contributed by atoms with Crippen LogP contribution in [0.2, 0.25) is 0 Å². The number of rotatable bonds is 4. The molecule has 1 amide bonds. The Bertz CT molecular complexity index is 460. The molecule has 0 bridgehead atoms. The van der Waals surface area contributed by atoms with Gasteiger partial charge in [0.2, 0.25) is 5.91 Å². The molecule has 6 nitrogen and oxygen atoms in total. The number of nitrogens with zero attached hydrogens (tertiary/aromatic N) is 2. The molecule has 0 saturated carbocycles. The predicted molar refractivity (Wildman–Crippen MR) is 67.7 cm³/mol. The Labute approximate surface area is 109 Å². The lowest BCUT2D eigenvalue weighted by Gasteiger charge is -2.29. The normalized spacial score (nSPS) is 19.9. The number of carboxylic acids is 1. The number of nitrogens with one attached hydrogen (secondary N) is 1. The van der Waals surface area contributed by atoms with Gasteiger partial charge in [0, 0.05) is 31.4 Å². The monoisotopic (exact) mass is 269 g/mol. The Morgan fingerprint density at radius 1 is 1.72 bits per heavy atom. The van der Waals surface area contributed by atoms with Crippen molar-refractivity contribution in [3.63, 3.8) is 0 Å². The molecule has 0 aromatic carbocycles. The SMILES string of the molecule is CN1CC(Nc2nc(CC(=O)O)cs2)CCC1=O. The van der Waals surface area contributed by atoms with Gasteiger partial charge in [-0.25, -0.2) is 4.98 Å². The van der Waals surface area contributed by atoms with Crippen LogP contribution in [0.3, 0.4) is 0 Å². The summed E-state index contributed by atoms with van der Waals surface area (Å²) in [6.07, 6.45) is 1.28. The summed E-state index contributed by atoms with van der Waals surface area (Å²) in [5, 5.41) is 14.4. The maximum Gasteiger partial charge on any atom is 0.309 e. The highest BCUT2D eigenvalue weighted by Crippen LogP contribution is 2.20. The van der Waals surface area contributed by atoms with Crippen molar-refractivity contribution in [3.8, 4) is 0 Å². The fourth-order valence-corrected chi connectivity index (χ4v) is 2.70. The third-order valence-electron chi connectivity index (χ3n) is 2.84. The van der Waals surface area contributed by atoms with Gasteiger partial charge in [-0.1, -0.05) is 0 Å². The first kappa shape index (κ1) is 12.8. The number of hydrogen-bond donors (Lipinski definition) is 2. The van der Waals surface area contributed by atoms with Crippen LogP contribution in [0.25, 0.3) is 0 Å². The zero-order valence-electron chi connectivity index (χ0n) is 10.0. The van der Waals surface area contributed by atoms with E-state index in [9.17, 15) is 9.59 Å². The van der Waals surface area contributed by atoms with Crippen LogP contribution in [0, 0.1) is 0 Å². The summed E-state index contributed by atoms with van der Waals surface area (Å²) in [5.41, 5.74) is 0.565. The van der Waals surface area contributed by atoms with Crippen LogP contribution >= 0.6 is 11.3 Å². The standard InChI is InChI=1S/C11H15N3O3S/c1-14-5-7(2-3-9(14)15)12-11-13-8(6-18-11)4-10(16)17/h6-7H,2-5H2,1H3,(H,12,13)(H,16,17). The molecule has 1 aliphatic rings. The Morgan fingerprint density at radius 2 is 2.50 bits per heavy atom. The van der Waals surface area contributed by atoms with E-state index in [2.05, 4.69) is 10.3 Å². The third kappa shape index (κ3) is 3.19. The number of aliphatic carboxylic acids is 1. The maximum atomic E-state index is 11.3. The third-order valence-corrected chi connectivity index (χ3v) is 3.66. The molecule has 1 aliphatic heterocycles. The summed E-state index contributed by atoms with van der Waals surface area (Å²) in [4.78, 5) is 27.8. The van der Waals surface area contributed by atoms with E-state index in [1.54, 1.807) is 17.3 Å². The van der Waals surface area contributed by atoms with Crippen LogP contribution in [0.4, 0.5) is 5.13 Å². The number of likely N-dealkylation sites (tertiary alicyclic amines) is 1. The number of carbonyl (C=O) groups excluding carboxylic acids is 1. The Hall–Kier alpha value is -1.63. The fourth-order valence-electron chi connectivity index (χ4n) is 1.91. The number of carboxylic acid groups (broad SMARTS) is 1. The van der Waals surface area contributed by atoms with Crippen molar-refractivity contribution in [2.75, 3.05) is 18.9 Å². The lowest BCUT2D eigenvalue weighted by molar-refractivity contribution is -0.136. The number of likely N-dealkylation sites (N-methyl/N-ethyl adjacent to an activating group) is 1. The number of piperidine rings is 1. The average Bonchev–Trinajstić information content (AvgIpc) is 2.70. The van der Waals surface area contributed by atoms with Gasteiger partial charge < -0.3 is 15.3 Å². The molecule has 1 fully saturated rings. The highest BCUT2D eigenvalue weighted by atomic mass is 32.1. The second kappa shape index (κ2) is 5.34. The van der Waals surface area contributed by atoms with Gasteiger partial charge in [0.1, 0.15) is 0 Å². The topological polar surface area (TPSA) is 82.5 Å². The van der Waals surface area contributed by atoms with E-state index in [1.807, 2.05) is 0 Å². The van der Waals surface area contributed by atoms with Gasteiger partial charge in [-0.05, 0) is 6.42 Å². The largest absolute Gasteiger partial charge is 0.481 e. The van der Waals surface area contributed by atoms with E-state index in [0.29, 0.717) is 18.7 Å². The number of aromatic nitrogens is 1. The summed E-state index contributed by atoms with van der Waals surface area (Å²) in [6, 6.07) is 0.191. The van der Waals surface area contributed by atoms with Crippen molar-refractivity contribution in [1.82, 2.24) is 9.88 Å². The molecule has 1 aromatic rings. The van der Waals surface area contributed by atoms with E-state index >= 15 is 0 Å². The van der Waals surface area contributed by atoms with Crippen LogP contribution in [0.1, 0.15) is 18.5 Å². The zero-order valence-corrected chi connectivity index (χ0v) is 10.9. The van der Waals surface area contributed by atoms with Crippen molar-refractivity contribution in [2.45, 2.75) is 25.3 Å². The molecular weight excluding hydrogens is 254 g/mol. The number of hydrogen-bond acceptors (Lipinski definition) is 5. The zero-order chi connectivity index (χ0) is 13.1. The van der Waals surface area contributed by atoms with Crippen LogP contribution in [-0.2, 0) is 16.0 Å². The van der Waals surface area contributed by atoms with Crippen LogP contribution < -0.4 is 5.32 Å². The lowest BCUT2D eigenvalue weighted by atomic mass is 10.1. The molecule has 0 radical (unpaired) electrons. The molecule has 98 valence electrons. The number of thiazole rings is 1. The van der Waals surface area contributed by atoms with Gasteiger partial charge in [0.05, 0.1) is 12.1 Å². The first-order chi connectivity index (χ1) is 8.54. The van der Waals surface area contributed by atoms with E-state index in [1.165, 1.54) is 11.3 Å². The Kier molecular flexibility index (Phi) is 3.81. The summed E-state index contributed by atoms with van der Waals surface area (Å²) in [6.45, 7) is 0.659. The predicted octanol–water partition coefficient (Wildman–Crippen LogP) is 0.803. The van der Waals surface area contributed by atoms with Gasteiger partial charge in [-0.15, -0.1) is 11.3 Å². The smallest absolute Gasteiger partial charge is 0.309 e. The van der Waals surface area contributed by atoms with Gasteiger partial charge in [0.25, 0.3) is 0 Å². The molecule has 1 unspecified atom stereocenters. The number of carbonyl (C=O) groups is 2. The molecular formula is C11H15N3O3S. The lowest BCUT2D eigenvalue weighted by Crippen LogP contribution is -2.43. The molecule has 2 N–H and O–H groups in total. The number of anilines is 1. The fraction of sp³-hybridized carbons (Fsp3) is 0.545. The summed E-state index contributed by atoms with van der Waals surface area (Å²) in [7, 11) is 1.79. The molecule has 1 atom stereocenters. The first-order valence-electron chi connectivity index (χ1n) is 5.71. The minimum Gasteiger partial charge on any atom is -0.481 e.